The number of anilines is 1. The first-order chi connectivity index (χ1) is 16.3. The third-order valence-electron chi connectivity index (χ3n) is 6.13. The van der Waals surface area contributed by atoms with Gasteiger partial charge in [-0.1, -0.05) is 53.7 Å². The summed E-state index contributed by atoms with van der Waals surface area (Å²) in [5.41, 5.74) is 4.74. The van der Waals surface area contributed by atoms with Gasteiger partial charge < -0.3 is 14.4 Å². The van der Waals surface area contributed by atoms with Crippen molar-refractivity contribution in [2.75, 3.05) is 5.32 Å². The van der Waals surface area contributed by atoms with E-state index < -0.39 is 0 Å². The molecule has 1 aliphatic heterocycles. The summed E-state index contributed by atoms with van der Waals surface area (Å²) in [6.45, 7) is 0.999. The van der Waals surface area contributed by atoms with Crippen LogP contribution in [-0.4, -0.2) is 20.6 Å². The van der Waals surface area contributed by atoms with Crippen LogP contribution in [0.2, 0.25) is 0 Å². The SMILES string of the molecule is O=C(Nc1ccccc1-c1cn2c(n1)CCCC2)c1ccc2noc(-c3ccccc3)c2c1. The van der Waals surface area contributed by atoms with E-state index >= 15 is 0 Å². The summed E-state index contributed by atoms with van der Waals surface area (Å²) in [7, 11) is 0. The van der Waals surface area contributed by atoms with Crippen LogP contribution in [-0.2, 0) is 13.0 Å². The minimum atomic E-state index is -0.187. The minimum Gasteiger partial charge on any atom is -0.355 e. The van der Waals surface area contributed by atoms with Gasteiger partial charge in [-0.05, 0) is 37.1 Å². The molecule has 0 radical (unpaired) electrons. The molecule has 1 aliphatic rings. The molecule has 0 fully saturated rings. The van der Waals surface area contributed by atoms with E-state index in [2.05, 4.69) is 21.2 Å². The van der Waals surface area contributed by atoms with Crippen molar-refractivity contribution in [3.63, 3.8) is 0 Å². The summed E-state index contributed by atoms with van der Waals surface area (Å²) in [5.74, 6) is 1.58. The van der Waals surface area contributed by atoms with Gasteiger partial charge >= 0.3 is 0 Å². The summed E-state index contributed by atoms with van der Waals surface area (Å²) in [5, 5.41) is 8.04. The Hall–Kier alpha value is -4.19. The van der Waals surface area contributed by atoms with Crippen molar-refractivity contribution in [1.82, 2.24) is 14.7 Å². The second-order valence-corrected chi connectivity index (χ2v) is 8.30. The first kappa shape index (κ1) is 19.5. The minimum absolute atomic E-state index is 0.187. The molecule has 6 rings (SSSR count). The van der Waals surface area contributed by atoms with E-state index in [-0.39, 0.29) is 5.91 Å². The molecule has 1 amide bonds. The molecule has 5 aromatic rings. The number of imidazole rings is 1. The van der Waals surface area contributed by atoms with Crippen molar-refractivity contribution >= 4 is 22.5 Å². The van der Waals surface area contributed by atoms with Gasteiger partial charge in [-0.25, -0.2) is 4.98 Å². The van der Waals surface area contributed by atoms with Crippen LogP contribution < -0.4 is 5.32 Å². The van der Waals surface area contributed by atoms with E-state index in [0.717, 1.165) is 52.2 Å². The number of nitrogens with one attached hydrogen (secondary N) is 1. The van der Waals surface area contributed by atoms with Crippen LogP contribution >= 0.6 is 0 Å². The van der Waals surface area contributed by atoms with Crippen molar-refractivity contribution < 1.29 is 9.32 Å². The fourth-order valence-corrected chi connectivity index (χ4v) is 4.43. The van der Waals surface area contributed by atoms with Crippen molar-refractivity contribution in [2.24, 2.45) is 0 Å². The van der Waals surface area contributed by atoms with Gasteiger partial charge in [-0.3, -0.25) is 4.79 Å². The van der Waals surface area contributed by atoms with Gasteiger partial charge in [0.05, 0.1) is 16.8 Å². The van der Waals surface area contributed by atoms with Crippen LogP contribution in [0, 0.1) is 0 Å². The highest BCUT2D eigenvalue weighted by Gasteiger charge is 2.18. The predicted octanol–water partition coefficient (Wildman–Crippen LogP) is 5.95. The monoisotopic (exact) mass is 434 g/mol. The molecule has 6 nitrogen and oxygen atoms in total. The molecular formula is C27H22N4O2. The zero-order chi connectivity index (χ0) is 22.2. The zero-order valence-electron chi connectivity index (χ0n) is 18.0. The summed E-state index contributed by atoms with van der Waals surface area (Å²) in [6.07, 6.45) is 5.44. The molecule has 1 N–H and O–H groups in total. The Bertz CT molecular complexity index is 1440. The van der Waals surface area contributed by atoms with E-state index in [9.17, 15) is 4.79 Å². The lowest BCUT2D eigenvalue weighted by atomic mass is 10.1. The maximum Gasteiger partial charge on any atom is 0.255 e. The number of rotatable bonds is 4. The summed E-state index contributed by atoms with van der Waals surface area (Å²) >= 11 is 0. The maximum atomic E-state index is 13.2. The van der Waals surface area contributed by atoms with Crippen molar-refractivity contribution in [1.29, 1.82) is 0 Å². The van der Waals surface area contributed by atoms with Gasteiger partial charge in [0.1, 0.15) is 11.3 Å². The number of hydrogen-bond acceptors (Lipinski definition) is 4. The molecule has 0 atom stereocenters. The number of aromatic nitrogens is 3. The summed E-state index contributed by atoms with van der Waals surface area (Å²) < 4.78 is 7.80. The lowest BCUT2D eigenvalue weighted by Crippen LogP contribution is -2.12. The molecule has 0 saturated heterocycles. The highest BCUT2D eigenvalue weighted by atomic mass is 16.5. The Morgan fingerprint density at radius 3 is 2.70 bits per heavy atom. The third kappa shape index (κ3) is 3.59. The number of amides is 1. The molecule has 0 spiro atoms. The number of nitrogens with zero attached hydrogens (tertiary/aromatic N) is 3. The number of hydrogen-bond donors (Lipinski definition) is 1. The first-order valence-electron chi connectivity index (χ1n) is 11.2. The third-order valence-corrected chi connectivity index (χ3v) is 6.13. The average Bonchev–Trinajstić information content (AvgIpc) is 3.49. The van der Waals surface area contributed by atoms with Gasteiger partial charge in [0.15, 0.2) is 5.76 Å². The lowest BCUT2D eigenvalue weighted by Gasteiger charge is -2.11. The number of aryl methyl sites for hydroxylation is 2. The normalized spacial score (nSPS) is 13.1. The maximum absolute atomic E-state index is 13.2. The van der Waals surface area contributed by atoms with E-state index in [1.165, 1.54) is 12.8 Å². The molecule has 162 valence electrons. The lowest BCUT2D eigenvalue weighted by molar-refractivity contribution is 0.102. The quantitative estimate of drug-likeness (QED) is 0.379. The fraction of sp³-hybridized carbons (Fsp3) is 0.148. The molecule has 33 heavy (non-hydrogen) atoms. The Kier molecular flexibility index (Phi) is 4.76. The van der Waals surface area contributed by atoms with Crippen molar-refractivity contribution in [2.45, 2.75) is 25.8 Å². The smallest absolute Gasteiger partial charge is 0.255 e. The van der Waals surface area contributed by atoms with Gasteiger partial charge in [0, 0.05) is 35.9 Å². The molecule has 0 bridgehead atoms. The Balaban J connectivity index is 1.33. The van der Waals surface area contributed by atoms with E-state index in [1.807, 2.05) is 66.7 Å². The van der Waals surface area contributed by atoms with E-state index in [1.54, 1.807) is 6.07 Å². The van der Waals surface area contributed by atoms with Crippen LogP contribution in [0.1, 0.15) is 29.0 Å². The summed E-state index contributed by atoms with van der Waals surface area (Å²) in [4.78, 5) is 18.0. The number of benzene rings is 3. The Labute approximate surface area is 190 Å². The van der Waals surface area contributed by atoms with Crippen LogP contribution in [0.4, 0.5) is 5.69 Å². The van der Waals surface area contributed by atoms with Gasteiger partial charge in [0.2, 0.25) is 0 Å². The van der Waals surface area contributed by atoms with Crippen molar-refractivity contribution in [3.05, 3.63) is 90.4 Å². The van der Waals surface area contributed by atoms with Gasteiger partial charge in [0.25, 0.3) is 5.91 Å². The molecule has 0 aliphatic carbocycles. The highest BCUT2D eigenvalue weighted by Crippen LogP contribution is 2.31. The van der Waals surface area contributed by atoms with E-state index in [0.29, 0.717) is 11.3 Å². The van der Waals surface area contributed by atoms with E-state index in [4.69, 9.17) is 9.51 Å². The molecular weight excluding hydrogens is 412 g/mol. The molecule has 3 heterocycles. The van der Waals surface area contributed by atoms with Gasteiger partial charge in [-0.2, -0.15) is 0 Å². The fourth-order valence-electron chi connectivity index (χ4n) is 4.43. The predicted molar refractivity (Wildman–Crippen MR) is 128 cm³/mol. The van der Waals surface area contributed by atoms with Crippen LogP contribution in [0.3, 0.4) is 0 Å². The highest BCUT2D eigenvalue weighted by molar-refractivity contribution is 6.08. The molecule has 2 aromatic heterocycles. The molecule has 6 heteroatoms. The van der Waals surface area contributed by atoms with Crippen LogP contribution in [0.25, 0.3) is 33.5 Å². The summed E-state index contributed by atoms with van der Waals surface area (Å²) in [6, 6.07) is 23.0. The van der Waals surface area contributed by atoms with Crippen LogP contribution in [0.5, 0.6) is 0 Å². The standard InChI is InChI=1S/C27H22N4O2/c32-27(19-13-14-23-21(16-19)26(33-30-23)18-8-2-1-3-9-18)29-22-11-5-4-10-20(22)24-17-31-15-7-6-12-25(31)28-24/h1-5,8-11,13-14,16-17H,6-7,12,15H2,(H,29,32). The second kappa shape index (κ2) is 8.06. The number of carbonyl (C=O) groups is 1. The number of para-hydroxylation sites is 1. The second-order valence-electron chi connectivity index (χ2n) is 8.30. The van der Waals surface area contributed by atoms with Gasteiger partial charge in [-0.15, -0.1) is 0 Å². The number of carbonyl (C=O) groups excluding carboxylic acids is 1. The largest absolute Gasteiger partial charge is 0.355 e. The topological polar surface area (TPSA) is 73.0 Å². The first-order valence-corrected chi connectivity index (χ1v) is 11.2. The molecule has 3 aromatic carbocycles. The molecule has 0 saturated carbocycles. The average molecular weight is 434 g/mol. The van der Waals surface area contributed by atoms with Crippen molar-refractivity contribution in [3.8, 4) is 22.6 Å². The zero-order valence-corrected chi connectivity index (χ0v) is 18.0. The Morgan fingerprint density at radius 1 is 0.970 bits per heavy atom. The van der Waals surface area contributed by atoms with Crippen LogP contribution in [0.15, 0.2) is 83.5 Å². The molecule has 0 unspecified atom stereocenters. The number of fused-ring (bicyclic) bond motifs is 2. The Morgan fingerprint density at radius 2 is 1.82 bits per heavy atom.